The molecule has 2 rings (SSSR count). The second-order valence-electron chi connectivity index (χ2n) is 3.44. The molecule has 0 fully saturated rings. The molecule has 0 spiro atoms. The Morgan fingerprint density at radius 1 is 1.77 bits per heavy atom. The van der Waals surface area contributed by atoms with Crippen molar-refractivity contribution in [2.75, 3.05) is 0 Å². The lowest BCUT2D eigenvalue weighted by Gasteiger charge is -2.23. The molecule has 1 atom stereocenters. The van der Waals surface area contributed by atoms with Gasteiger partial charge in [0.2, 0.25) is 0 Å². The minimum absolute atomic E-state index is 0.115. The molecule has 0 aliphatic carbocycles. The van der Waals surface area contributed by atoms with Gasteiger partial charge < -0.3 is 9.67 Å². The Bertz CT molecular complexity index is 319. The number of fused-ring (bicyclic) bond motifs is 1. The molecule has 1 aliphatic heterocycles. The second-order valence-corrected chi connectivity index (χ2v) is 3.44. The number of aromatic nitrogens is 2. The van der Waals surface area contributed by atoms with Crippen LogP contribution in [0.5, 0.6) is 0 Å². The number of rotatable bonds is 2. The van der Waals surface area contributed by atoms with Crippen molar-refractivity contribution in [1.82, 2.24) is 9.55 Å². The lowest BCUT2D eigenvalue weighted by atomic mass is 10.0. The number of carbonyl (C=O) groups is 1. The summed E-state index contributed by atoms with van der Waals surface area (Å²) >= 11 is 0. The van der Waals surface area contributed by atoms with Gasteiger partial charge in [0.25, 0.3) is 0 Å². The zero-order chi connectivity index (χ0) is 9.26. The first-order valence-electron chi connectivity index (χ1n) is 4.50. The Morgan fingerprint density at radius 3 is 3.38 bits per heavy atom. The molecule has 1 aliphatic rings. The number of imidazole rings is 1. The maximum atomic E-state index is 10.6. The lowest BCUT2D eigenvalue weighted by Crippen LogP contribution is -2.19. The first-order valence-corrected chi connectivity index (χ1v) is 4.50. The van der Waals surface area contributed by atoms with E-state index in [0.717, 1.165) is 25.0 Å². The number of hydrogen-bond acceptors (Lipinski definition) is 2. The first kappa shape index (κ1) is 8.29. The van der Waals surface area contributed by atoms with E-state index >= 15 is 0 Å². The zero-order valence-corrected chi connectivity index (χ0v) is 7.31. The van der Waals surface area contributed by atoms with Crippen molar-refractivity contribution in [3.8, 4) is 0 Å². The third kappa shape index (κ3) is 1.56. The Balaban J connectivity index is 2.20. The highest BCUT2D eigenvalue weighted by molar-refractivity contribution is 5.67. The van der Waals surface area contributed by atoms with Gasteiger partial charge >= 0.3 is 5.97 Å². The molecule has 0 amide bonds. The van der Waals surface area contributed by atoms with Crippen LogP contribution in [0.3, 0.4) is 0 Å². The lowest BCUT2D eigenvalue weighted by molar-refractivity contribution is -0.138. The van der Waals surface area contributed by atoms with Gasteiger partial charge in [0.05, 0.1) is 12.7 Å². The van der Waals surface area contributed by atoms with Gasteiger partial charge in [0, 0.05) is 17.9 Å². The van der Waals surface area contributed by atoms with E-state index in [9.17, 15) is 4.79 Å². The molecule has 1 N–H and O–H groups in total. The van der Waals surface area contributed by atoms with Crippen LogP contribution in [0.15, 0.2) is 12.5 Å². The van der Waals surface area contributed by atoms with Crippen LogP contribution in [0.25, 0.3) is 0 Å². The van der Waals surface area contributed by atoms with Crippen molar-refractivity contribution in [3.05, 3.63) is 18.2 Å². The fourth-order valence-electron chi connectivity index (χ4n) is 1.91. The molecule has 0 radical (unpaired) electrons. The summed E-state index contributed by atoms with van der Waals surface area (Å²) in [6.45, 7) is 0. The summed E-state index contributed by atoms with van der Waals surface area (Å²) in [7, 11) is 0. The predicted octanol–water partition coefficient (Wildman–Crippen LogP) is 1.24. The number of carboxylic acid groups (broad SMARTS) is 1. The fourth-order valence-corrected chi connectivity index (χ4v) is 1.91. The van der Waals surface area contributed by atoms with E-state index in [4.69, 9.17) is 5.11 Å². The fraction of sp³-hybridized carbons (Fsp3) is 0.556. The van der Waals surface area contributed by atoms with Crippen molar-refractivity contribution >= 4 is 5.97 Å². The largest absolute Gasteiger partial charge is 0.481 e. The number of aliphatic carboxylic acids is 1. The monoisotopic (exact) mass is 180 g/mol. The van der Waals surface area contributed by atoms with Crippen molar-refractivity contribution in [2.45, 2.75) is 31.7 Å². The van der Waals surface area contributed by atoms with Crippen molar-refractivity contribution in [3.63, 3.8) is 0 Å². The standard InChI is InChI=1S/C9H12N2O2/c12-9(13)4-7-2-1-3-8-5-10-6-11(7)8/h5-7H,1-4H2,(H,12,13). The van der Waals surface area contributed by atoms with E-state index in [-0.39, 0.29) is 12.5 Å². The molecule has 0 saturated heterocycles. The molecule has 0 bridgehead atoms. The Hall–Kier alpha value is -1.32. The van der Waals surface area contributed by atoms with E-state index in [1.165, 1.54) is 0 Å². The van der Waals surface area contributed by atoms with E-state index in [0.29, 0.717) is 0 Å². The number of hydrogen-bond donors (Lipinski definition) is 1. The van der Waals surface area contributed by atoms with Crippen LogP contribution in [0, 0.1) is 0 Å². The topological polar surface area (TPSA) is 55.1 Å². The summed E-state index contributed by atoms with van der Waals surface area (Å²) in [5, 5.41) is 8.70. The van der Waals surface area contributed by atoms with Crippen LogP contribution >= 0.6 is 0 Å². The summed E-state index contributed by atoms with van der Waals surface area (Å²) in [5.41, 5.74) is 1.16. The molecular formula is C9H12N2O2. The van der Waals surface area contributed by atoms with E-state index in [1.54, 1.807) is 6.33 Å². The van der Waals surface area contributed by atoms with Crippen LogP contribution in [-0.2, 0) is 11.2 Å². The molecule has 0 saturated carbocycles. The van der Waals surface area contributed by atoms with Gasteiger partial charge in [-0.3, -0.25) is 4.79 Å². The SMILES string of the molecule is O=C(O)CC1CCCc2cncn21. The number of aryl methyl sites for hydroxylation is 1. The highest BCUT2D eigenvalue weighted by atomic mass is 16.4. The summed E-state index contributed by atoms with van der Waals surface area (Å²) in [4.78, 5) is 14.6. The molecule has 1 aromatic rings. The molecule has 70 valence electrons. The molecule has 2 heterocycles. The van der Waals surface area contributed by atoms with Crippen LogP contribution in [-0.4, -0.2) is 20.6 Å². The summed E-state index contributed by atoms with van der Waals surface area (Å²) in [6.07, 6.45) is 6.83. The van der Waals surface area contributed by atoms with Gasteiger partial charge in [0.15, 0.2) is 0 Å². The smallest absolute Gasteiger partial charge is 0.305 e. The van der Waals surface area contributed by atoms with Gasteiger partial charge in [-0.1, -0.05) is 0 Å². The Kier molecular flexibility index (Phi) is 2.04. The van der Waals surface area contributed by atoms with Crippen molar-refractivity contribution in [1.29, 1.82) is 0 Å². The molecular weight excluding hydrogens is 168 g/mol. The highest BCUT2D eigenvalue weighted by Gasteiger charge is 2.21. The van der Waals surface area contributed by atoms with Gasteiger partial charge in [-0.05, 0) is 19.3 Å². The van der Waals surface area contributed by atoms with Crippen LogP contribution in [0.4, 0.5) is 0 Å². The van der Waals surface area contributed by atoms with Crippen LogP contribution in [0.2, 0.25) is 0 Å². The second kappa shape index (κ2) is 3.20. The van der Waals surface area contributed by atoms with Gasteiger partial charge in [-0.25, -0.2) is 4.98 Å². The van der Waals surface area contributed by atoms with Crippen LogP contribution < -0.4 is 0 Å². The summed E-state index contributed by atoms with van der Waals surface area (Å²) in [5.74, 6) is -0.730. The van der Waals surface area contributed by atoms with Crippen molar-refractivity contribution < 1.29 is 9.90 Å². The molecule has 13 heavy (non-hydrogen) atoms. The minimum Gasteiger partial charge on any atom is -0.481 e. The van der Waals surface area contributed by atoms with Gasteiger partial charge in [-0.2, -0.15) is 0 Å². The molecule has 0 aromatic carbocycles. The molecule has 1 aromatic heterocycles. The third-order valence-corrected chi connectivity index (χ3v) is 2.52. The zero-order valence-electron chi connectivity index (χ0n) is 7.31. The van der Waals surface area contributed by atoms with Crippen LogP contribution in [0.1, 0.15) is 31.0 Å². The molecule has 4 heteroatoms. The maximum absolute atomic E-state index is 10.6. The molecule has 1 unspecified atom stereocenters. The minimum atomic E-state index is -0.730. The molecule has 4 nitrogen and oxygen atoms in total. The average molecular weight is 180 g/mol. The predicted molar refractivity (Wildman–Crippen MR) is 46.5 cm³/mol. The van der Waals surface area contributed by atoms with Crippen molar-refractivity contribution in [2.24, 2.45) is 0 Å². The highest BCUT2D eigenvalue weighted by Crippen LogP contribution is 2.26. The number of nitrogens with zero attached hydrogens (tertiary/aromatic N) is 2. The van der Waals surface area contributed by atoms with E-state index in [2.05, 4.69) is 4.98 Å². The first-order chi connectivity index (χ1) is 6.27. The summed E-state index contributed by atoms with van der Waals surface area (Å²) in [6, 6.07) is 0.115. The normalized spacial score (nSPS) is 21.1. The Morgan fingerprint density at radius 2 is 2.62 bits per heavy atom. The van der Waals surface area contributed by atoms with Gasteiger partial charge in [-0.15, -0.1) is 0 Å². The summed E-state index contributed by atoms with van der Waals surface area (Å²) < 4.78 is 2.00. The number of carboxylic acids is 1. The third-order valence-electron chi connectivity index (χ3n) is 2.52. The quantitative estimate of drug-likeness (QED) is 0.744. The average Bonchev–Trinajstić information content (AvgIpc) is 2.51. The van der Waals surface area contributed by atoms with E-state index in [1.807, 2.05) is 10.8 Å². The van der Waals surface area contributed by atoms with E-state index < -0.39 is 5.97 Å². The Labute approximate surface area is 76.2 Å². The maximum Gasteiger partial charge on any atom is 0.305 e. The van der Waals surface area contributed by atoms with Gasteiger partial charge in [0.1, 0.15) is 0 Å².